The zero-order valence-electron chi connectivity index (χ0n) is 13.6. The summed E-state index contributed by atoms with van der Waals surface area (Å²) >= 11 is 0. The number of nitrogen functional groups attached to an aromatic ring is 1. The molecule has 7 nitrogen and oxygen atoms in total. The first-order valence-electron chi connectivity index (χ1n) is 7.70. The molecule has 2 aromatic rings. The maximum Gasteiger partial charge on any atom is 0.261 e. The van der Waals surface area contributed by atoms with Gasteiger partial charge < -0.3 is 15.8 Å². The Morgan fingerprint density at radius 1 is 1.12 bits per heavy atom. The van der Waals surface area contributed by atoms with Crippen LogP contribution in [0.5, 0.6) is 5.75 Å². The molecule has 0 spiro atoms. The van der Waals surface area contributed by atoms with Gasteiger partial charge in [0.05, 0.1) is 23.9 Å². The van der Waals surface area contributed by atoms with E-state index < -0.39 is 0 Å². The molecule has 1 aliphatic rings. The molecular weight excluding hydrogens is 322 g/mol. The molecule has 7 heteroatoms. The van der Waals surface area contributed by atoms with E-state index in [1.165, 1.54) is 7.11 Å². The van der Waals surface area contributed by atoms with Crippen LogP contribution in [0.1, 0.15) is 27.1 Å². The van der Waals surface area contributed by atoms with Gasteiger partial charge in [0.25, 0.3) is 11.8 Å². The van der Waals surface area contributed by atoms with E-state index in [4.69, 9.17) is 10.5 Å². The molecule has 0 aliphatic carbocycles. The van der Waals surface area contributed by atoms with Crippen molar-refractivity contribution in [3.63, 3.8) is 0 Å². The fourth-order valence-corrected chi connectivity index (χ4v) is 2.68. The predicted molar refractivity (Wildman–Crippen MR) is 92.5 cm³/mol. The number of hydrogen-bond acceptors (Lipinski definition) is 5. The Kier molecular flexibility index (Phi) is 4.38. The Bertz CT molecular complexity index is 828. The molecule has 3 rings (SSSR count). The second kappa shape index (κ2) is 6.64. The normalized spacial score (nSPS) is 12.9. The van der Waals surface area contributed by atoms with Gasteiger partial charge in [-0.2, -0.15) is 0 Å². The van der Waals surface area contributed by atoms with Gasteiger partial charge in [-0.3, -0.25) is 19.3 Å². The number of amides is 3. The van der Waals surface area contributed by atoms with Crippen LogP contribution < -0.4 is 15.8 Å². The Balaban J connectivity index is 1.64. The average molecular weight is 339 g/mol. The third kappa shape index (κ3) is 3.16. The maximum absolute atomic E-state index is 12.3. The topological polar surface area (TPSA) is 102 Å². The van der Waals surface area contributed by atoms with Crippen molar-refractivity contribution in [3.8, 4) is 5.75 Å². The molecule has 0 aromatic heterocycles. The van der Waals surface area contributed by atoms with Crippen molar-refractivity contribution in [2.24, 2.45) is 0 Å². The first-order chi connectivity index (χ1) is 12.0. The number of nitrogens with one attached hydrogen (secondary N) is 1. The van der Waals surface area contributed by atoms with E-state index in [1.807, 2.05) is 0 Å². The first-order valence-corrected chi connectivity index (χ1v) is 7.70. The smallest absolute Gasteiger partial charge is 0.261 e. The van der Waals surface area contributed by atoms with Crippen molar-refractivity contribution in [2.75, 3.05) is 24.7 Å². The molecule has 25 heavy (non-hydrogen) atoms. The molecule has 128 valence electrons. The lowest BCUT2D eigenvalue weighted by atomic mass is 10.1. The van der Waals surface area contributed by atoms with Crippen LogP contribution in [0.3, 0.4) is 0 Å². The highest BCUT2D eigenvalue weighted by Gasteiger charge is 2.34. The summed E-state index contributed by atoms with van der Waals surface area (Å²) in [5.74, 6) is -0.648. The summed E-state index contributed by atoms with van der Waals surface area (Å²) < 4.78 is 5.17. The van der Waals surface area contributed by atoms with Gasteiger partial charge in [-0.1, -0.05) is 12.1 Å². The summed E-state index contributed by atoms with van der Waals surface area (Å²) in [6.07, 6.45) is -0.0149. The van der Waals surface area contributed by atoms with Crippen LogP contribution in [0.15, 0.2) is 42.5 Å². The zero-order valence-corrected chi connectivity index (χ0v) is 13.6. The van der Waals surface area contributed by atoms with Gasteiger partial charge in [-0.25, -0.2) is 0 Å². The number of fused-ring (bicyclic) bond motifs is 1. The fourth-order valence-electron chi connectivity index (χ4n) is 2.68. The van der Waals surface area contributed by atoms with Crippen LogP contribution in [-0.4, -0.2) is 36.3 Å². The Labute approximate surface area is 144 Å². The number of rotatable bonds is 5. The highest BCUT2D eigenvalue weighted by Crippen LogP contribution is 2.27. The summed E-state index contributed by atoms with van der Waals surface area (Å²) in [7, 11) is 1.48. The van der Waals surface area contributed by atoms with Crippen LogP contribution >= 0.6 is 0 Å². The second-order valence-electron chi connectivity index (χ2n) is 5.57. The Morgan fingerprint density at radius 2 is 1.76 bits per heavy atom. The molecule has 0 fully saturated rings. The molecule has 1 heterocycles. The SMILES string of the molecule is COc1cc(N)ccc1NC(=O)CCN1C(=O)c2ccccc2C1=O. The van der Waals surface area contributed by atoms with Crippen molar-refractivity contribution in [1.82, 2.24) is 4.90 Å². The van der Waals surface area contributed by atoms with Crippen LogP contribution in [-0.2, 0) is 4.79 Å². The molecular formula is C18H17N3O4. The van der Waals surface area contributed by atoms with Crippen molar-refractivity contribution < 1.29 is 19.1 Å². The number of carbonyl (C=O) groups excluding carboxylic acids is 3. The first kappa shape index (κ1) is 16.5. The minimum Gasteiger partial charge on any atom is -0.494 e. The van der Waals surface area contributed by atoms with Crippen LogP contribution in [0.4, 0.5) is 11.4 Å². The molecule has 1 aliphatic heterocycles. The predicted octanol–water partition coefficient (Wildman–Crippen LogP) is 1.90. The van der Waals surface area contributed by atoms with Gasteiger partial charge in [0.2, 0.25) is 5.91 Å². The lowest BCUT2D eigenvalue weighted by Gasteiger charge is -2.14. The minimum absolute atomic E-state index is 0.00939. The summed E-state index contributed by atoms with van der Waals surface area (Å²) in [5, 5.41) is 2.69. The number of nitrogens with zero attached hydrogens (tertiary/aromatic N) is 1. The van der Waals surface area contributed by atoms with Gasteiger partial charge in [0.1, 0.15) is 5.75 Å². The van der Waals surface area contributed by atoms with E-state index >= 15 is 0 Å². The van der Waals surface area contributed by atoms with E-state index in [-0.39, 0.29) is 30.7 Å². The van der Waals surface area contributed by atoms with Crippen molar-refractivity contribution in [3.05, 3.63) is 53.6 Å². The van der Waals surface area contributed by atoms with Crippen molar-refractivity contribution >= 4 is 29.1 Å². The highest BCUT2D eigenvalue weighted by molar-refractivity contribution is 6.21. The highest BCUT2D eigenvalue weighted by atomic mass is 16.5. The number of imide groups is 1. The van der Waals surface area contributed by atoms with Crippen molar-refractivity contribution in [1.29, 1.82) is 0 Å². The molecule has 0 unspecified atom stereocenters. The zero-order chi connectivity index (χ0) is 18.0. The largest absolute Gasteiger partial charge is 0.494 e. The van der Waals surface area contributed by atoms with Crippen molar-refractivity contribution in [2.45, 2.75) is 6.42 Å². The van der Waals surface area contributed by atoms with E-state index in [0.717, 1.165) is 4.90 Å². The van der Waals surface area contributed by atoms with E-state index in [9.17, 15) is 14.4 Å². The third-order valence-corrected chi connectivity index (χ3v) is 3.94. The number of ether oxygens (including phenoxy) is 1. The Hall–Kier alpha value is -3.35. The summed E-state index contributed by atoms with van der Waals surface area (Å²) in [4.78, 5) is 37.8. The molecule has 0 saturated heterocycles. The summed E-state index contributed by atoms with van der Waals surface area (Å²) in [6, 6.07) is 11.5. The Morgan fingerprint density at radius 3 is 2.36 bits per heavy atom. The molecule has 3 amide bonds. The van der Waals surface area contributed by atoms with Crippen LogP contribution in [0, 0.1) is 0 Å². The lowest BCUT2D eigenvalue weighted by Crippen LogP contribution is -2.32. The molecule has 3 N–H and O–H groups in total. The van der Waals surface area contributed by atoms with Crippen LogP contribution in [0.2, 0.25) is 0 Å². The molecule has 2 aromatic carbocycles. The monoisotopic (exact) mass is 339 g/mol. The number of nitrogens with two attached hydrogens (primary N) is 1. The number of benzene rings is 2. The molecule has 0 bridgehead atoms. The average Bonchev–Trinajstić information content (AvgIpc) is 2.86. The van der Waals surface area contributed by atoms with Gasteiger partial charge in [-0.15, -0.1) is 0 Å². The van der Waals surface area contributed by atoms with Gasteiger partial charge in [-0.05, 0) is 24.3 Å². The minimum atomic E-state index is -0.376. The fraction of sp³-hybridized carbons (Fsp3) is 0.167. The van der Waals surface area contributed by atoms with E-state index in [2.05, 4.69) is 5.32 Å². The molecule has 0 saturated carbocycles. The molecule has 0 radical (unpaired) electrons. The number of methoxy groups -OCH3 is 1. The van der Waals surface area contributed by atoms with Crippen LogP contribution in [0.25, 0.3) is 0 Å². The molecule has 0 atom stereocenters. The lowest BCUT2D eigenvalue weighted by molar-refractivity contribution is -0.116. The van der Waals surface area contributed by atoms with Gasteiger partial charge in [0.15, 0.2) is 0 Å². The van der Waals surface area contributed by atoms with E-state index in [1.54, 1.807) is 42.5 Å². The number of carbonyl (C=O) groups is 3. The summed E-state index contributed by atoms with van der Waals surface area (Å²) in [6.45, 7) is 0.00939. The quantitative estimate of drug-likeness (QED) is 0.640. The maximum atomic E-state index is 12.3. The van der Waals surface area contributed by atoms with Gasteiger partial charge in [0, 0.05) is 24.7 Å². The van der Waals surface area contributed by atoms with E-state index in [0.29, 0.717) is 28.3 Å². The third-order valence-electron chi connectivity index (χ3n) is 3.94. The second-order valence-corrected chi connectivity index (χ2v) is 5.57. The standard InChI is InChI=1S/C18H17N3O4/c1-25-15-10-11(19)6-7-14(15)20-16(22)8-9-21-17(23)12-4-2-3-5-13(12)18(21)24/h2-7,10H,8-9,19H2,1H3,(H,20,22). The summed E-state index contributed by atoms with van der Waals surface area (Å²) in [5.41, 5.74) is 7.40. The number of anilines is 2. The number of hydrogen-bond donors (Lipinski definition) is 2. The van der Waals surface area contributed by atoms with Gasteiger partial charge >= 0.3 is 0 Å².